The molecular weight excluding hydrogens is 298 g/mol. The summed E-state index contributed by atoms with van der Waals surface area (Å²) in [6, 6.07) is 4.61. The number of carbonyl (C=O) groups excluding carboxylic acids is 3. The molecule has 9 heteroatoms. The summed E-state index contributed by atoms with van der Waals surface area (Å²) in [4.78, 5) is 34.9. The lowest BCUT2D eigenvalue weighted by Crippen LogP contribution is -2.43. The molecule has 0 fully saturated rings. The van der Waals surface area contributed by atoms with Crippen molar-refractivity contribution < 1.29 is 14.4 Å². The van der Waals surface area contributed by atoms with Crippen molar-refractivity contribution in [1.29, 1.82) is 0 Å². The third-order valence-electron chi connectivity index (χ3n) is 2.42. The smallest absolute Gasteiger partial charge is 0.238 e. The minimum Gasteiger partial charge on any atom is -0.397 e. The second kappa shape index (κ2) is 7.46. The van der Waals surface area contributed by atoms with Gasteiger partial charge in [-0.1, -0.05) is 11.6 Å². The van der Waals surface area contributed by atoms with Gasteiger partial charge < -0.3 is 22.5 Å². The highest BCUT2D eigenvalue weighted by Crippen LogP contribution is 2.22. The lowest BCUT2D eigenvalue weighted by molar-refractivity contribution is -0.123. The van der Waals surface area contributed by atoms with Crippen LogP contribution in [-0.2, 0) is 14.4 Å². The van der Waals surface area contributed by atoms with Crippen LogP contribution in [0.3, 0.4) is 0 Å². The molecule has 114 valence electrons. The van der Waals surface area contributed by atoms with Crippen LogP contribution in [-0.4, -0.2) is 42.3 Å². The van der Waals surface area contributed by atoms with Crippen LogP contribution in [0.4, 0.5) is 11.4 Å². The number of amides is 3. The number of rotatable bonds is 7. The van der Waals surface area contributed by atoms with Gasteiger partial charge in [-0.15, -0.1) is 0 Å². The summed E-state index contributed by atoms with van der Waals surface area (Å²) < 4.78 is 0. The Morgan fingerprint density at radius 3 is 2.19 bits per heavy atom. The van der Waals surface area contributed by atoms with Crippen LogP contribution in [0.15, 0.2) is 18.2 Å². The molecule has 0 aromatic heterocycles. The highest BCUT2D eigenvalue weighted by atomic mass is 35.5. The topological polar surface area (TPSA) is 145 Å². The van der Waals surface area contributed by atoms with Crippen molar-refractivity contribution in [3.63, 3.8) is 0 Å². The summed E-state index contributed by atoms with van der Waals surface area (Å²) in [5, 5.41) is 2.94. The van der Waals surface area contributed by atoms with E-state index >= 15 is 0 Å². The van der Waals surface area contributed by atoms with Crippen molar-refractivity contribution in [2.24, 2.45) is 11.5 Å². The van der Waals surface area contributed by atoms with E-state index in [-0.39, 0.29) is 19.6 Å². The summed E-state index contributed by atoms with van der Waals surface area (Å²) in [7, 11) is 0. The summed E-state index contributed by atoms with van der Waals surface area (Å²) in [5.41, 5.74) is 16.4. The molecular formula is C12H16ClN5O3. The van der Waals surface area contributed by atoms with Crippen molar-refractivity contribution in [2.75, 3.05) is 30.7 Å². The number of primary amides is 2. The number of hydrogen-bond donors (Lipinski definition) is 4. The predicted molar refractivity (Wildman–Crippen MR) is 79.3 cm³/mol. The van der Waals surface area contributed by atoms with Crippen LogP contribution >= 0.6 is 11.6 Å². The fourth-order valence-corrected chi connectivity index (χ4v) is 1.81. The van der Waals surface area contributed by atoms with Crippen LogP contribution in [0, 0.1) is 0 Å². The van der Waals surface area contributed by atoms with E-state index in [1.54, 1.807) is 12.1 Å². The number of carbonyl (C=O) groups is 3. The number of nitrogens with two attached hydrogens (primary N) is 3. The van der Waals surface area contributed by atoms with E-state index in [1.807, 2.05) is 0 Å². The highest BCUT2D eigenvalue weighted by Gasteiger charge is 2.16. The summed E-state index contributed by atoms with van der Waals surface area (Å²) in [5.74, 6) is -1.83. The van der Waals surface area contributed by atoms with E-state index in [2.05, 4.69) is 5.32 Å². The van der Waals surface area contributed by atoms with Gasteiger partial charge in [-0.2, -0.15) is 0 Å². The molecule has 0 bridgehead atoms. The van der Waals surface area contributed by atoms with Crippen LogP contribution in [0.1, 0.15) is 0 Å². The lowest BCUT2D eigenvalue weighted by atomic mass is 10.2. The molecule has 8 nitrogen and oxygen atoms in total. The lowest BCUT2D eigenvalue weighted by Gasteiger charge is -2.18. The molecule has 0 heterocycles. The van der Waals surface area contributed by atoms with Gasteiger partial charge in [-0.25, -0.2) is 0 Å². The highest BCUT2D eigenvalue weighted by molar-refractivity contribution is 6.31. The van der Waals surface area contributed by atoms with Crippen LogP contribution in [0.5, 0.6) is 0 Å². The van der Waals surface area contributed by atoms with E-state index in [4.69, 9.17) is 28.8 Å². The zero-order valence-corrected chi connectivity index (χ0v) is 11.9. The van der Waals surface area contributed by atoms with Crippen LogP contribution < -0.4 is 22.5 Å². The van der Waals surface area contributed by atoms with Gasteiger partial charge in [0.25, 0.3) is 0 Å². The summed E-state index contributed by atoms with van der Waals surface area (Å²) in [6.45, 7) is -0.763. The summed E-state index contributed by atoms with van der Waals surface area (Å²) in [6.07, 6.45) is 0. The molecule has 0 aliphatic carbocycles. The number of benzene rings is 1. The zero-order valence-electron chi connectivity index (χ0n) is 11.1. The van der Waals surface area contributed by atoms with E-state index in [0.29, 0.717) is 16.4 Å². The van der Waals surface area contributed by atoms with Crippen molar-refractivity contribution in [1.82, 2.24) is 4.90 Å². The fourth-order valence-electron chi connectivity index (χ4n) is 1.64. The Bertz CT molecular complexity index is 548. The SMILES string of the molecule is NC(=O)CN(CC(N)=O)CC(=O)Nc1cc(Cl)ccc1N. The van der Waals surface area contributed by atoms with E-state index in [0.717, 1.165) is 0 Å². The van der Waals surface area contributed by atoms with Crippen molar-refractivity contribution in [2.45, 2.75) is 0 Å². The molecule has 0 unspecified atom stereocenters. The second-order valence-corrected chi connectivity index (χ2v) is 4.79. The number of nitrogens with zero attached hydrogens (tertiary/aromatic N) is 1. The van der Waals surface area contributed by atoms with Gasteiger partial charge in [0, 0.05) is 5.02 Å². The average Bonchev–Trinajstić information content (AvgIpc) is 2.31. The van der Waals surface area contributed by atoms with Crippen molar-refractivity contribution in [3.8, 4) is 0 Å². The molecule has 0 aliphatic heterocycles. The van der Waals surface area contributed by atoms with E-state index < -0.39 is 17.7 Å². The second-order valence-electron chi connectivity index (χ2n) is 4.36. The van der Waals surface area contributed by atoms with E-state index in [9.17, 15) is 14.4 Å². The molecule has 0 saturated heterocycles. The molecule has 3 amide bonds. The molecule has 1 rings (SSSR count). The Morgan fingerprint density at radius 2 is 1.67 bits per heavy atom. The predicted octanol–water partition coefficient (Wildman–Crippen LogP) is -0.867. The molecule has 0 spiro atoms. The molecule has 7 N–H and O–H groups in total. The first kappa shape index (κ1) is 16.7. The van der Waals surface area contributed by atoms with E-state index in [1.165, 1.54) is 11.0 Å². The van der Waals surface area contributed by atoms with Gasteiger partial charge >= 0.3 is 0 Å². The van der Waals surface area contributed by atoms with Gasteiger partial charge in [-0.05, 0) is 18.2 Å². The maximum Gasteiger partial charge on any atom is 0.238 e. The quantitative estimate of drug-likeness (QED) is 0.484. The van der Waals surface area contributed by atoms with Crippen molar-refractivity contribution >= 4 is 40.7 Å². The molecule has 0 aliphatic rings. The summed E-state index contributed by atoms with van der Waals surface area (Å²) >= 11 is 5.80. The average molecular weight is 314 g/mol. The Labute approximate surface area is 126 Å². The minimum atomic E-state index is -0.675. The first-order valence-electron chi connectivity index (χ1n) is 5.91. The van der Waals surface area contributed by atoms with Gasteiger partial charge in [0.05, 0.1) is 31.0 Å². The number of nitrogens with one attached hydrogen (secondary N) is 1. The number of hydrogen-bond acceptors (Lipinski definition) is 5. The Morgan fingerprint density at radius 1 is 1.10 bits per heavy atom. The Kier molecular flexibility index (Phi) is 5.94. The minimum absolute atomic E-state index is 0.238. The van der Waals surface area contributed by atoms with Crippen molar-refractivity contribution in [3.05, 3.63) is 23.2 Å². The molecule has 0 saturated carbocycles. The normalized spacial score (nSPS) is 10.4. The third kappa shape index (κ3) is 6.11. The van der Waals surface area contributed by atoms with Crippen LogP contribution in [0.2, 0.25) is 5.02 Å². The first-order chi connectivity index (χ1) is 9.77. The standard InChI is InChI=1S/C12H16ClN5O3/c13-7-1-2-8(14)9(3-7)17-12(21)6-18(4-10(15)19)5-11(16)20/h1-3H,4-6,14H2,(H2,15,19)(H2,16,20)(H,17,21). The monoisotopic (exact) mass is 313 g/mol. The van der Waals surface area contributed by atoms with Gasteiger partial charge in [-0.3, -0.25) is 19.3 Å². The Balaban J connectivity index is 2.70. The number of halogens is 1. The maximum atomic E-state index is 11.9. The van der Waals surface area contributed by atoms with Gasteiger partial charge in [0.15, 0.2) is 0 Å². The largest absolute Gasteiger partial charge is 0.397 e. The first-order valence-corrected chi connectivity index (χ1v) is 6.29. The molecule has 0 radical (unpaired) electrons. The molecule has 0 atom stereocenters. The maximum absolute atomic E-state index is 11.9. The molecule has 1 aromatic rings. The molecule has 21 heavy (non-hydrogen) atoms. The fraction of sp³-hybridized carbons (Fsp3) is 0.250. The third-order valence-corrected chi connectivity index (χ3v) is 2.65. The van der Waals surface area contributed by atoms with Gasteiger partial charge in [0.2, 0.25) is 17.7 Å². The number of anilines is 2. The number of nitrogen functional groups attached to an aromatic ring is 1. The van der Waals surface area contributed by atoms with Gasteiger partial charge in [0.1, 0.15) is 0 Å². The van der Waals surface area contributed by atoms with Crippen LogP contribution in [0.25, 0.3) is 0 Å². The Hall–Kier alpha value is -2.32. The zero-order chi connectivity index (χ0) is 16.0. The molecule has 1 aromatic carbocycles.